The van der Waals surface area contributed by atoms with Crippen LogP contribution in [-0.4, -0.2) is 16.0 Å². The zero-order valence-corrected chi connectivity index (χ0v) is 9.08. The van der Waals surface area contributed by atoms with Crippen molar-refractivity contribution < 1.29 is 4.79 Å². The molecule has 1 heterocycles. The average Bonchev–Trinajstić information content (AvgIpc) is 2.86. The highest BCUT2D eigenvalue weighted by atomic mass is 16.2. The lowest BCUT2D eigenvalue weighted by molar-refractivity contribution is 0.256. The van der Waals surface area contributed by atoms with Crippen LogP contribution in [-0.2, 0) is 0 Å². The third kappa shape index (κ3) is 6.30. The second-order valence-corrected chi connectivity index (χ2v) is 2.71. The Hall–Kier alpha value is -2.81. The van der Waals surface area contributed by atoms with E-state index >= 15 is 0 Å². The molecule has 2 aromatic rings. The second-order valence-electron chi connectivity index (χ2n) is 2.71. The fourth-order valence-corrected chi connectivity index (χ4v) is 1.02. The first-order valence-corrected chi connectivity index (χ1v) is 4.55. The van der Waals surface area contributed by atoms with Gasteiger partial charge in [0.05, 0.1) is 0 Å². The Morgan fingerprint density at radius 2 is 1.76 bits per heavy atom. The first-order chi connectivity index (χ1) is 8.20. The zero-order valence-electron chi connectivity index (χ0n) is 9.08. The van der Waals surface area contributed by atoms with Crippen LogP contribution in [0.1, 0.15) is 0 Å². The van der Waals surface area contributed by atoms with Crippen molar-refractivity contribution in [2.75, 3.05) is 0 Å². The van der Waals surface area contributed by atoms with Gasteiger partial charge in [-0.2, -0.15) is 0 Å². The molecule has 6 heteroatoms. The Bertz CT molecular complexity index is 431. The average molecular weight is 231 g/mol. The molecule has 0 aliphatic rings. The van der Waals surface area contributed by atoms with E-state index in [1.807, 2.05) is 36.5 Å². The number of nitrogens with zero attached hydrogens (tertiary/aromatic N) is 2. The summed E-state index contributed by atoms with van der Waals surface area (Å²) in [6.07, 6.45) is 3.57. The summed E-state index contributed by atoms with van der Waals surface area (Å²) in [6, 6.07) is 9.21. The van der Waals surface area contributed by atoms with Crippen molar-refractivity contribution in [3.63, 3.8) is 0 Å². The molecule has 0 spiro atoms. The molecule has 0 bridgehead atoms. The molecule has 0 saturated heterocycles. The summed E-state index contributed by atoms with van der Waals surface area (Å²) in [6.45, 7) is 3.50. The van der Waals surface area contributed by atoms with E-state index in [4.69, 9.17) is 10.1 Å². The van der Waals surface area contributed by atoms with Crippen molar-refractivity contribution in [3.05, 3.63) is 42.7 Å². The predicted molar refractivity (Wildman–Crippen MR) is 64.5 cm³/mol. The van der Waals surface area contributed by atoms with E-state index < -0.39 is 6.03 Å². The molecule has 5 N–H and O–H groups in total. The molecule has 0 atom stereocenters. The number of H-pyrrole nitrogens is 1. The Balaban J connectivity index is 0.000000368. The number of hydrogen-bond acceptors (Lipinski definition) is 3. The number of primary amides is 2. The summed E-state index contributed by atoms with van der Waals surface area (Å²) in [5, 5.41) is 6.50. The van der Waals surface area contributed by atoms with Gasteiger partial charge in [0.15, 0.2) is 0 Å². The van der Waals surface area contributed by atoms with E-state index in [2.05, 4.69) is 28.0 Å². The van der Waals surface area contributed by atoms with Gasteiger partial charge in [0.1, 0.15) is 5.82 Å². The summed E-state index contributed by atoms with van der Waals surface area (Å²) in [5.74, 6) is 0.922. The maximum Gasteiger partial charge on any atom is 0.309 e. The largest absolute Gasteiger partial charge is 0.352 e. The van der Waals surface area contributed by atoms with Crippen molar-refractivity contribution in [2.45, 2.75) is 0 Å². The number of hydrogen-bond donors (Lipinski definition) is 3. The number of carbonyl (C=O) groups excluding carboxylic acids is 1. The summed E-state index contributed by atoms with van der Waals surface area (Å²) >= 11 is 0. The SMILES string of the molecule is C#N.NC(N)=O.c1ccc(-c2ncc[nH]2)cc1. The van der Waals surface area contributed by atoms with Crippen LogP contribution in [0.5, 0.6) is 0 Å². The molecule has 0 saturated carbocycles. The standard InChI is InChI=1S/C9H8N2.CH4N2O.CHN/c1-2-4-8(5-3-1)9-10-6-7-11-9;2-1(3)4;1-2/h1-7H,(H,10,11);(H4,2,3,4);1H. The normalized spacial score (nSPS) is 7.88. The van der Waals surface area contributed by atoms with Gasteiger partial charge < -0.3 is 16.5 Å². The Kier molecular flexibility index (Phi) is 7.09. The minimum atomic E-state index is -0.833. The number of benzene rings is 1. The maximum atomic E-state index is 9.00. The van der Waals surface area contributed by atoms with Crippen molar-refractivity contribution in [1.82, 2.24) is 9.97 Å². The lowest BCUT2D eigenvalue weighted by Gasteiger charge is -1.92. The van der Waals surface area contributed by atoms with Gasteiger partial charge in [0.25, 0.3) is 0 Å². The van der Waals surface area contributed by atoms with Gasteiger partial charge >= 0.3 is 6.03 Å². The number of nitriles is 1. The van der Waals surface area contributed by atoms with Crippen LogP contribution in [0.4, 0.5) is 4.79 Å². The number of aromatic nitrogens is 2. The smallest absolute Gasteiger partial charge is 0.309 e. The molecule has 2 amide bonds. The maximum absolute atomic E-state index is 9.00. The molecule has 2 rings (SSSR count). The first-order valence-electron chi connectivity index (χ1n) is 4.55. The minimum absolute atomic E-state index is 0.833. The second kappa shape index (κ2) is 8.49. The highest BCUT2D eigenvalue weighted by molar-refractivity contribution is 5.69. The molecule has 0 aliphatic carbocycles. The molecule has 0 radical (unpaired) electrons. The van der Waals surface area contributed by atoms with Crippen LogP contribution in [0.15, 0.2) is 42.7 Å². The van der Waals surface area contributed by atoms with Crippen molar-refractivity contribution in [1.29, 1.82) is 5.26 Å². The number of imidazole rings is 1. The fourth-order valence-electron chi connectivity index (χ4n) is 1.02. The number of aromatic amines is 1. The minimum Gasteiger partial charge on any atom is -0.352 e. The number of amides is 2. The molecule has 1 aromatic carbocycles. The summed E-state index contributed by atoms with van der Waals surface area (Å²) < 4.78 is 0. The van der Waals surface area contributed by atoms with Crippen molar-refractivity contribution in [2.24, 2.45) is 11.5 Å². The molecular weight excluding hydrogens is 218 g/mol. The van der Waals surface area contributed by atoms with Gasteiger partial charge in [0, 0.05) is 24.5 Å². The monoisotopic (exact) mass is 231 g/mol. The highest BCUT2D eigenvalue weighted by Crippen LogP contribution is 2.11. The van der Waals surface area contributed by atoms with Crippen LogP contribution in [0.2, 0.25) is 0 Å². The molecule has 88 valence electrons. The quantitative estimate of drug-likeness (QED) is 0.684. The molecule has 0 aliphatic heterocycles. The number of nitrogens with two attached hydrogens (primary N) is 2. The molecule has 0 unspecified atom stereocenters. The summed E-state index contributed by atoms with van der Waals surface area (Å²) in [4.78, 5) is 16.2. The molecule has 17 heavy (non-hydrogen) atoms. The molecule has 6 nitrogen and oxygen atoms in total. The van der Waals surface area contributed by atoms with E-state index in [0.29, 0.717) is 0 Å². The topological polar surface area (TPSA) is 122 Å². The zero-order chi connectivity index (χ0) is 13.1. The van der Waals surface area contributed by atoms with E-state index in [9.17, 15) is 0 Å². The van der Waals surface area contributed by atoms with E-state index in [1.54, 1.807) is 6.20 Å². The Morgan fingerprint density at radius 1 is 1.24 bits per heavy atom. The van der Waals surface area contributed by atoms with Crippen LogP contribution < -0.4 is 11.5 Å². The summed E-state index contributed by atoms with van der Waals surface area (Å²) in [5.41, 5.74) is 9.62. The Labute approximate surface area is 98.9 Å². The van der Waals surface area contributed by atoms with Gasteiger partial charge in [0.2, 0.25) is 0 Å². The van der Waals surface area contributed by atoms with E-state index in [0.717, 1.165) is 11.4 Å². The first kappa shape index (κ1) is 14.2. The highest BCUT2D eigenvalue weighted by Gasteiger charge is 1.94. The van der Waals surface area contributed by atoms with Crippen LogP contribution in [0.3, 0.4) is 0 Å². The van der Waals surface area contributed by atoms with Gasteiger partial charge in [-0.25, -0.2) is 15.0 Å². The van der Waals surface area contributed by atoms with Gasteiger partial charge in [-0.05, 0) is 0 Å². The lowest BCUT2D eigenvalue weighted by atomic mass is 10.2. The number of urea groups is 1. The third-order valence-corrected chi connectivity index (χ3v) is 1.55. The van der Waals surface area contributed by atoms with Crippen molar-refractivity contribution in [3.8, 4) is 18.0 Å². The molecule has 0 fully saturated rings. The third-order valence-electron chi connectivity index (χ3n) is 1.55. The summed E-state index contributed by atoms with van der Waals surface area (Å²) in [7, 11) is 0. The molecule has 1 aromatic heterocycles. The van der Waals surface area contributed by atoms with Gasteiger partial charge in [-0.3, -0.25) is 0 Å². The number of carbonyl (C=O) groups is 1. The fraction of sp³-hybridized carbons (Fsp3) is 0. The predicted octanol–water partition coefficient (Wildman–Crippen LogP) is 1.24. The van der Waals surface area contributed by atoms with Crippen LogP contribution in [0.25, 0.3) is 11.4 Å². The molecular formula is C11H13N5O. The van der Waals surface area contributed by atoms with Crippen LogP contribution >= 0.6 is 0 Å². The van der Waals surface area contributed by atoms with Gasteiger partial charge in [-0.1, -0.05) is 30.3 Å². The van der Waals surface area contributed by atoms with Gasteiger partial charge in [-0.15, -0.1) is 0 Å². The van der Waals surface area contributed by atoms with E-state index in [-0.39, 0.29) is 0 Å². The van der Waals surface area contributed by atoms with Crippen LogP contribution in [0, 0.1) is 11.8 Å². The number of rotatable bonds is 1. The lowest BCUT2D eigenvalue weighted by Crippen LogP contribution is -2.18. The Morgan fingerprint density at radius 3 is 2.18 bits per heavy atom. The number of nitrogens with one attached hydrogen (secondary N) is 1. The van der Waals surface area contributed by atoms with Crippen molar-refractivity contribution >= 4 is 6.03 Å². The van der Waals surface area contributed by atoms with E-state index in [1.165, 1.54) is 0 Å².